The van der Waals surface area contributed by atoms with Gasteiger partial charge in [-0.3, -0.25) is 9.59 Å². The van der Waals surface area contributed by atoms with E-state index in [-0.39, 0.29) is 24.3 Å². The smallest absolute Gasteiger partial charge is 0.262 e. The summed E-state index contributed by atoms with van der Waals surface area (Å²) in [6.45, 7) is 8.69. The highest BCUT2D eigenvalue weighted by atomic mass is 35.5. The number of hydrogen-bond acceptors (Lipinski definition) is 4. The van der Waals surface area contributed by atoms with Crippen molar-refractivity contribution in [3.8, 4) is 5.75 Å². The van der Waals surface area contributed by atoms with Gasteiger partial charge in [0, 0.05) is 37.8 Å². The van der Waals surface area contributed by atoms with Crippen LogP contribution in [0.2, 0.25) is 5.02 Å². The molecule has 0 bridgehead atoms. The second-order valence-corrected chi connectivity index (χ2v) is 8.37. The molecule has 1 aliphatic rings. The van der Waals surface area contributed by atoms with E-state index in [1.54, 1.807) is 6.07 Å². The summed E-state index contributed by atoms with van der Waals surface area (Å²) in [5.41, 5.74) is 2.75. The molecule has 6 nitrogen and oxygen atoms in total. The molecule has 0 spiro atoms. The van der Waals surface area contributed by atoms with Crippen molar-refractivity contribution in [1.82, 2.24) is 4.90 Å². The van der Waals surface area contributed by atoms with Crippen molar-refractivity contribution < 1.29 is 14.3 Å². The fraction of sp³-hybridized carbons (Fsp3) is 0.417. The molecule has 0 aliphatic carbocycles. The summed E-state index contributed by atoms with van der Waals surface area (Å²) >= 11 is 6.49. The van der Waals surface area contributed by atoms with Crippen molar-refractivity contribution in [2.75, 3.05) is 43.0 Å². The summed E-state index contributed by atoms with van der Waals surface area (Å²) in [6.07, 6.45) is 0.962. The first kappa shape index (κ1) is 22.9. The predicted molar refractivity (Wildman–Crippen MR) is 125 cm³/mol. The number of benzene rings is 2. The number of carbonyl (C=O) groups excluding carboxylic acids is 2. The number of halogens is 1. The monoisotopic (exact) mass is 443 g/mol. The largest absolute Gasteiger partial charge is 0.484 e. The molecular formula is C24H30ClN3O3. The summed E-state index contributed by atoms with van der Waals surface area (Å²) < 4.78 is 5.55. The van der Waals surface area contributed by atoms with Crippen LogP contribution >= 0.6 is 11.6 Å². The van der Waals surface area contributed by atoms with Crippen LogP contribution in [0.15, 0.2) is 42.5 Å². The van der Waals surface area contributed by atoms with E-state index < -0.39 is 0 Å². The van der Waals surface area contributed by atoms with Gasteiger partial charge >= 0.3 is 0 Å². The number of carbonyl (C=O) groups is 2. The Kier molecular flexibility index (Phi) is 7.80. The van der Waals surface area contributed by atoms with E-state index in [0.717, 1.165) is 25.2 Å². The third-order valence-corrected chi connectivity index (χ3v) is 5.66. The summed E-state index contributed by atoms with van der Waals surface area (Å²) in [4.78, 5) is 28.5. The molecule has 0 radical (unpaired) electrons. The molecule has 0 aromatic heterocycles. The number of hydrogen-bond donors (Lipinski definition) is 1. The summed E-state index contributed by atoms with van der Waals surface area (Å²) in [6, 6.07) is 13.2. The molecule has 0 unspecified atom stereocenters. The molecule has 2 aromatic carbocycles. The Morgan fingerprint density at radius 2 is 1.74 bits per heavy atom. The SMILES string of the molecule is CCc1ccc(OCC(=O)Nc2ccc(N3CCN(C(=O)C(C)C)CC3)c(Cl)c2)cc1. The molecule has 2 aromatic rings. The zero-order valence-electron chi connectivity index (χ0n) is 18.4. The number of aryl methyl sites for hydroxylation is 1. The van der Waals surface area contributed by atoms with Gasteiger partial charge in [0.15, 0.2) is 6.61 Å². The Morgan fingerprint density at radius 1 is 1.06 bits per heavy atom. The maximum Gasteiger partial charge on any atom is 0.262 e. The third-order valence-electron chi connectivity index (χ3n) is 5.36. The maximum atomic E-state index is 12.2. The van der Waals surface area contributed by atoms with E-state index >= 15 is 0 Å². The van der Waals surface area contributed by atoms with Gasteiger partial charge in [0.2, 0.25) is 5.91 Å². The number of amides is 2. The minimum absolute atomic E-state index is 0.0118. The molecule has 1 saturated heterocycles. The second-order valence-electron chi connectivity index (χ2n) is 7.97. The van der Waals surface area contributed by atoms with Crippen LogP contribution in [0.4, 0.5) is 11.4 Å². The van der Waals surface area contributed by atoms with Crippen LogP contribution in [-0.2, 0) is 16.0 Å². The molecule has 1 aliphatic heterocycles. The van der Waals surface area contributed by atoms with Gasteiger partial charge < -0.3 is 19.9 Å². The lowest BCUT2D eigenvalue weighted by Gasteiger charge is -2.37. The van der Waals surface area contributed by atoms with Gasteiger partial charge in [-0.15, -0.1) is 0 Å². The molecule has 0 saturated carbocycles. The van der Waals surface area contributed by atoms with Gasteiger partial charge in [-0.1, -0.05) is 44.5 Å². The van der Waals surface area contributed by atoms with E-state index in [4.69, 9.17) is 16.3 Å². The highest BCUT2D eigenvalue weighted by molar-refractivity contribution is 6.33. The number of ether oxygens (including phenoxy) is 1. The molecule has 3 rings (SSSR count). The topological polar surface area (TPSA) is 61.9 Å². The number of piperazine rings is 1. The minimum Gasteiger partial charge on any atom is -0.484 e. The Hall–Kier alpha value is -2.73. The zero-order chi connectivity index (χ0) is 22.4. The van der Waals surface area contributed by atoms with Crippen LogP contribution in [-0.4, -0.2) is 49.5 Å². The van der Waals surface area contributed by atoms with E-state index in [9.17, 15) is 9.59 Å². The van der Waals surface area contributed by atoms with Crippen molar-refractivity contribution >= 4 is 34.8 Å². The fourth-order valence-corrected chi connectivity index (χ4v) is 3.84. The van der Waals surface area contributed by atoms with Crippen LogP contribution in [0.3, 0.4) is 0 Å². The minimum atomic E-state index is -0.246. The fourth-order valence-electron chi connectivity index (χ4n) is 3.54. The van der Waals surface area contributed by atoms with Crippen molar-refractivity contribution in [3.63, 3.8) is 0 Å². The van der Waals surface area contributed by atoms with Gasteiger partial charge in [0.1, 0.15) is 5.75 Å². The molecule has 166 valence electrons. The lowest BCUT2D eigenvalue weighted by atomic mass is 10.1. The van der Waals surface area contributed by atoms with Crippen molar-refractivity contribution in [1.29, 1.82) is 0 Å². The van der Waals surface area contributed by atoms with E-state index in [2.05, 4.69) is 17.1 Å². The lowest BCUT2D eigenvalue weighted by Crippen LogP contribution is -2.50. The Balaban J connectivity index is 1.52. The number of rotatable bonds is 7. The van der Waals surface area contributed by atoms with Gasteiger partial charge in [-0.25, -0.2) is 0 Å². The van der Waals surface area contributed by atoms with Crippen LogP contribution in [0.25, 0.3) is 0 Å². The molecule has 1 fully saturated rings. The Morgan fingerprint density at radius 3 is 2.32 bits per heavy atom. The predicted octanol–water partition coefficient (Wildman–Crippen LogP) is 4.22. The molecule has 1 heterocycles. The maximum absolute atomic E-state index is 12.2. The van der Waals surface area contributed by atoms with Crippen LogP contribution in [0.5, 0.6) is 5.75 Å². The van der Waals surface area contributed by atoms with E-state index in [1.165, 1.54) is 5.56 Å². The number of nitrogens with one attached hydrogen (secondary N) is 1. The molecule has 7 heteroatoms. The van der Waals surface area contributed by atoms with E-state index in [0.29, 0.717) is 29.5 Å². The zero-order valence-corrected chi connectivity index (χ0v) is 19.1. The first-order valence-electron chi connectivity index (χ1n) is 10.7. The standard InChI is InChI=1S/C24H30ClN3O3/c1-4-18-5-8-20(9-6-18)31-16-23(29)26-19-7-10-22(21(25)15-19)27-11-13-28(14-12-27)24(30)17(2)3/h5-10,15,17H,4,11-14,16H2,1-3H3,(H,26,29). The van der Waals surface area contributed by atoms with Gasteiger partial charge in [-0.05, 0) is 42.3 Å². The Bertz CT molecular complexity index is 907. The highest BCUT2D eigenvalue weighted by Crippen LogP contribution is 2.30. The van der Waals surface area contributed by atoms with Gasteiger partial charge in [-0.2, -0.15) is 0 Å². The van der Waals surface area contributed by atoms with Crippen molar-refractivity contribution in [2.24, 2.45) is 5.92 Å². The second kappa shape index (κ2) is 10.5. The van der Waals surface area contributed by atoms with Crippen LogP contribution in [0.1, 0.15) is 26.3 Å². The molecule has 1 N–H and O–H groups in total. The molecule has 2 amide bonds. The summed E-state index contributed by atoms with van der Waals surface area (Å²) in [7, 11) is 0. The van der Waals surface area contributed by atoms with Gasteiger partial charge in [0.05, 0.1) is 10.7 Å². The lowest BCUT2D eigenvalue weighted by molar-refractivity contribution is -0.134. The van der Waals surface area contributed by atoms with Crippen molar-refractivity contribution in [2.45, 2.75) is 27.2 Å². The molecule has 0 atom stereocenters. The summed E-state index contributed by atoms with van der Waals surface area (Å²) in [5.74, 6) is 0.616. The average molecular weight is 444 g/mol. The average Bonchev–Trinajstić information content (AvgIpc) is 2.78. The quantitative estimate of drug-likeness (QED) is 0.695. The first-order chi connectivity index (χ1) is 14.9. The normalized spacial score (nSPS) is 14.0. The van der Waals surface area contributed by atoms with Crippen LogP contribution in [0, 0.1) is 5.92 Å². The first-order valence-corrected chi connectivity index (χ1v) is 11.1. The molecular weight excluding hydrogens is 414 g/mol. The number of anilines is 2. The Labute approximate surface area is 189 Å². The number of nitrogens with zero attached hydrogens (tertiary/aromatic N) is 2. The van der Waals surface area contributed by atoms with Crippen LogP contribution < -0.4 is 15.0 Å². The van der Waals surface area contributed by atoms with Crippen molar-refractivity contribution in [3.05, 3.63) is 53.1 Å². The summed E-state index contributed by atoms with van der Waals surface area (Å²) in [5, 5.41) is 3.39. The van der Waals surface area contributed by atoms with E-state index in [1.807, 2.05) is 55.1 Å². The third kappa shape index (κ3) is 6.14. The highest BCUT2D eigenvalue weighted by Gasteiger charge is 2.24. The van der Waals surface area contributed by atoms with Gasteiger partial charge in [0.25, 0.3) is 5.91 Å². The molecule has 31 heavy (non-hydrogen) atoms.